The molecule has 0 aromatic heterocycles. The minimum atomic E-state index is -1.19. The number of hydrogen-bond acceptors (Lipinski definition) is 6. The summed E-state index contributed by atoms with van der Waals surface area (Å²) in [4.78, 5) is 26.3. The van der Waals surface area contributed by atoms with Crippen LogP contribution < -0.4 is 0 Å². The van der Waals surface area contributed by atoms with Crippen molar-refractivity contribution < 1.29 is 19.1 Å². The third-order valence-corrected chi connectivity index (χ3v) is 4.42. The quantitative estimate of drug-likeness (QED) is 0.597. The number of methoxy groups -OCH3 is 2. The van der Waals surface area contributed by atoms with Gasteiger partial charge < -0.3 is 14.4 Å². The highest BCUT2D eigenvalue weighted by Gasteiger charge is 2.42. The molecule has 1 aromatic rings. The van der Waals surface area contributed by atoms with E-state index < -0.39 is 23.8 Å². The van der Waals surface area contributed by atoms with E-state index in [2.05, 4.69) is 6.07 Å². The highest BCUT2D eigenvalue weighted by Crippen LogP contribution is 2.34. The van der Waals surface area contributed by atoms with Crippen molar-refractivity contribution in [3.05, 3.63) is 59.9 Å². The molecule has 136 valence electrons. The average molecular weight is 354 g/mol. The molecule has 6 heteroatoms. The van der Waals surface area contributed by atoms with Gasteiger partial charge in [-0.25, -0.2) is 0 Å². The second-order valence-electron chi connectivity index (χ2n) is 6.10. The standard InChI is InChI=1S/C20H22N2O4/c1-14-9-10-22(12-15-7-5-4-6-8-15)13-16(11-21)17(14)18(19(23)25-2)20(24)26-3/h4-10,13-14,17-18H,12H2,1-3H3/t14-,17-/m0/s1. The zero-order valence-corrected chi connectivity index (χ0v) is 15.1. The number of nitriles is 1. The summed E-state index contributed by atoms with van der Waals surface area (Å²) in [7, 11) is 2.43. The Labute approximate surface area is 153 Å². The Morgan fingerprint density at radius 1 is 1.19 bits per heavy atom. The van der Waals surface area contributed by atoms with Gasteiger partial charge in [0.15, 0.2) is 5.92 Å². The first-order valence-electron chi connectivity index (χ1n) is 8.27. The molecule has 0 bridgehead atoms. The molecule has 1 aliphatic rings. The number of ether oxygens (including phenoxy) is 2. The summed E-state index contributed by atoms with van der Waals surface area (Å²) in [6.45, 7) is 2.43. The molecule has 0 amide bonds. The van der Waals surface area contributed by atoms with E-state index in [1.807, 2.05) is 54.4 Å². The summed E-state index contributed by atoms with van der Waals surface area (Å²) in [5.74, 6) is -3.49. The van der Waals surface area contributed by atoms with E-state index in [1.165, 1.54) is 14.2 Å². The van der Waals surface area contributed by atoms with Gasteiger partial charge in [-0.1, -0.05) is 43.3 Å². The SMILES string of the molecule is COC(=O)C(C(=O)OC)[C@@H]1C(C#N)=CN(Cc2ccccc2)C=C[C@@H]1C. The first-order chi connectivity index (χ1) is 12.5. The van der Waals surface area contributed by atoms with Crippen molar-refractivity contribution in [2.75, 3.05) is 14.2 Å². The van der Waals surface area contributed by atoms with Crippen molar-refractivity contribution in [2.45, 2.75) is 13.5 Å². The van der Waals surface area contributed by atoms with Crippen LogP contribution in [0.25, 0.3) is 0 Å². The largest absolute Gasteiger partial charge is 0.468 e. The smallest absolute Gasteiger partial charge is 0.320 e. The number of carbonyl (C=O) groups is 2. The van der Waals surface area contributed by atoms with Gasteiger partial charge in [0.25, 0.3) is 0 Å². The van der Waals surface area contributed by atoms with Gasteiger partial charge in [-0.3, -0.25) is 9.59 Å². The van der Waals surface area contributed by atoms with E-state index >= 15 is 0 Å². The summed E-state index contributed by atoms with van der Waals surface area (Å²) in [5, 5.41) is 9.67. The van der Waals surface area contributed by atoms with Crippen molar-refractivity contribution >= 4 is 11.9 Å². The maximum absolute atomic E-state index is 12.2. The van der Waals surface area contributed by atoms with Crippen molar-refractivity contribution in [3.63, 3.8) is 0 Å². The van der Waals surface area contributed by atoms with E-state index in [9.17, 15) is 14.9 Å². The van der Waals surface area contributed by atoms with Gasteiger partial charge in [-0.2, -0.15) is 5.26 Å². The van der Waals surface area contributed by atoms with E-state index in [-0.39, 0.29) is 5.92 Å². The Kier molecular flexibility index (Phi) is 6.56. The van der Waals surface area contributed by atoms with Gasteiger partial charge in [0.1, 0.15) is 0 Å². The van der Waals surface area contributed by atoms with Crippen LogP contribution in [0, 0.1) is 29.1 Å². The molecule has 0 saturated carbocycles. The van der Waals surface area contributed by atoms with Crippen LogP contribution >= 0.6 is 0 Å². The summed E-state index contributed by atoms with van der Waals surface area (Å²) in [6.07, 6.45) is 5.42. The van der Waals surface area contributed by atoms with Crippen LogP contribution in [0.15, 0.2) is 54.4 Å². The highest BCUT2D eigenvalue weighted by atomic mass is 16.5. The Bertz CT molecular complexity index is 733. The fourth-order valence-corrected chi connectivity index (χ4v) is 3.08. The summed E-state index contributed by atoms with van der Waals surface area (Å²) in [6, 6.07) is 12.0. The van der Waals surface area contributed by atoms with Crippen LogP contribution in [0.1, 0.15) is 12.5 Å². The molecule has 1 heterocycles. The van der Waals surface area contributed by atoms with Crippen molar-refractivity contribution in [1.29, 1.82) is 5.26 Å². The van der Waals surface area contributed by atoms with E-state index in [4.69, 9.17) is 9.47 Å². The average Bonchev–Trinajstić information content (AvgIpc) is 2.82. The minimum absolute atomic E-state index is 0.232. The maximum atomic E-state index is 12.2. The second-order valence-corrected chi connectivity index (χ2v) is 6.10. The number of hydrogen-bond donors (Lipinski definition) is 0. The molecule has 0 unspecified atom stereocenters. The molecular weight excluding hydrogens is 332 g/mol. The minimum Gasteiger partial charge on any atom is -0.468 e. The van der Waals surface area contributed by atoms with Gasteiger partial charge in [-0.15, -0.1) is 0 Å². The maximum Gasteiger partial charge on any atom is 0.320 e. The number of allylic oxidation sites excluding steroid dienone is 2. The molecule has 6 nitrogen and oxygen atoms in total. The third-order valence-electron chi connectivity index (χ3n) is 4.42. The normalized spacial score (nSPS) is 19.3. The van der Waals surface area contributed by atoms with Crippen LogP contribution in [0.2, 0.25) is 0 Å². The zero-order chi connectivity index (χ0) is 19.1. The fourth-order valence-electron chi connectivity index (χ4n) is 3.08. The predicted molar refractivity (Wildman–Crippen MR) is 95.0 cm³/mol. The second kappa shape index (κ2) is 8.86. The van der Waals surface area contributed by atoms with Crippen molar-refractivity contribution in [1.82, 2.24) is 4.90 Å². The lowest BCUT2D eigenvalue weighted by atomic mass is 9.78. The van der Waals surface area contributed by atoms with E-state index in [0.29, 0.717) is 12.1 Å². The van der Waals surface area contributed by atoms with Crippen molar-refractivity contribution in [3.8, 4) is 6.07 Å². The summed E-state index contributed by atoms with van der Waals surface area (Å²) in [5.41, 5.74) is 1.41. The lowest BCUT2D eigenvalue weighted by Crippen LogP contribution is -2.37. The van der Waals surface area contributed by atoms with E-state index in [1.54, 1.807) is 6.20 Å². The topological polar surface area (TPSA) is 79.6 Å². The molecule has 0 saturated heterocycles. The van der Waals surface area contributed by atoms with Crippen LogP contribution in [-0.4, -0.2) is 31.1 Å². The number of benzene rings is 1. The van der Waals surface area contributed by atoms with Crippen molar-refractivity contribution in [2.24, 2.45) is 17.8 Å². The highest BCUT2D eigenvalue weighted by molar-refractivity contribution is 5.95. The number of rotatable bonds is 5. The lowest BCUT2D eigenvalue weighted by Gasteiger charge is -2.25. The van der Waals surface area contributed by atoms with Gasteiger partial charge in [-0.05, 0) is 11.5 Å². The van der Waals surface area contributed by atoms with Crippen LogP contribution in [-0.2, 0) is 25.6 Å². The molecule has 0 aliphatic carbocycles. The number of esters is 2. The zero-order valence-electron chi connectivity index (χ0n) is 15.1. The van der Waals surface area contributed by atoms with Crippen LogP contribution in [0.4, 0.5) is 0 Å². The first kappa shape index (κ1) is 19.3. The van der Waals surface area contributed by atoms with Crippen LogP contribution in [0.3, 0.4) is 0 Å². The van der Waals surface area contributed by atoms with Gasteiger partial charge in [0, 0.05) is 24.9 Å². The van der Waals surface area contributed by atoms with Gasteiger partial charge in [0.05, 0.1) is 25.9 Å². The molecule has 1 aromatic carbocycles. The molecule has 0 radical (unpaired) electrons. The Hall–Kier alpha value is -3.07. The van der Waals surface area contributed by atoms with Gasteiger partial charge in [0.2, 0.25) is 0 Å². The molecule has 1 aliphatic heterocycles. The molecule has 26 heavy (non-hydrogen) atoms. The van der Waals surface area contributed by atoms with E-state index in [0.717, 1.165) is 5.56 Å². The third kappa shape index (κ3) is 4.31. The van der Waals surface area contributed by atoms with Crippen LogP contribution in [0.5, 0.6) is 0 Å². The molecular formula is C20H22N2O4. The predicted octanol–water partition coefficient (Wildman–Crippen LogP) is 2.64. The fraction of sp³-hybridized carbons (Fsp3) is 0.350. The summed E-state index contributed by atoms with van der Waals surface area (Å²) < 4.78 is 9.56. The van der Waals surface area contributed by atoms with Gasteiger partial charge >= 0.3 is 11.9 Å². The monoisotopic (exact) mass is 354 g/mol. The Balaban J connectivity index is 2.39. The number of nitrogens with zero attached hydrogens (tertiary/aromatic N) is 2. The molecule has 0 N–H and O–H groups in total. The molecule has 2 atom stereocenters. The molecule has 2 rings (SSSR count). The lowest BCUT2D eigenvalue weighted by molar-refractivity contribution is -0.161. The Morgan fingerprint density at radius 2 is 1.81 bits per heavy atom. The molecule has 0 fully saturated rings. The number of carbonyl (C=O) groups excluding carboxylic acids is 2. The Morgan fingerprint density at radius 3 is 2.35 bits per heavy atom. The first-order valence-corrected chi connectivity index (χ1v) is 8.27. The summed E-state index contributed by atoms with van der Waals surface area (Å²) >= 11 is 0. The molecule has 0 spiro atoms.